The molecule has 1 saturated heterocycles. The summed E-state index contributed by atoms with van der Waals surface area (Å²) in [5, 5.41) is 4.68. The normalized spacial score (nSPS) is 17.5. The second-order valence-corrected chi connectivity index (χ2v) is 10.6. The Kier molecular flexibility index (Phi) is 6.05. The highest BCUT2D eigenvalue weighted by molar-refractivity contribution is 7.91. The van der Waals surface area contributed by atoms with E-state index >= 15 is 0 Å². The van der Waals surface area contributed by atoms with E-state index in [1.54, 1.807) is 29.6 Å². The van der Waals surface area contributed by atoms with Gasteiger partial charge in [-0.25, -0.2) is 18.2 Å². The molecule has 0 spiro atoms. The first-order chi connectivity index (χ1) is 14.4. The number of imide groups is 1. The molecule has 10 heteroatoms. The summed E-state index contributed by atoms with van der Waals surface area (Å²) in [6, 6.07) is 6.26. The van der Waals surface area contributed by atoms with Gasteiger partial charge in [0.15, 0.2) is 9.84 Å². The standard InChI is InChI=1S/C20H23N3O5S2/c24-18-12-23(20(25)22-18)11-14-13-29-19(21-14)8-9-30(26,27)17-7-3-6-16(10-17)28-15-4-1-2-5-15/h3,6-7,10,13,15H,1-2,4-5,8-9,11-12H2,(H,22,24,25). The van der Waals surface area contributed by atoms with E-state index in [2.05, 4.69) is 10.3 Å². The van der Waals surface area contributed by atoms with Gasteiger partial charge in [-0.1, -0.05) is 6.07 Å². The molecule has 2 aliphatic rings. The van der Waals surface area contributed by atoms with Crippen molar-refractivity contribution < 1.29 is 22.7 Å². The number of hydrogen-bond acceptors (Lipinski definition) is 7. The molecule has 2 fully saturated rings. The molecule has 1 N–H and O–H groups in total. The number of benzene rings is 1. The Balaban J connectivity index is 1.35. The van der Waals surface area contributed by atoms with Crippen molar-refractivity contribution in [3.63, 3.8) is 0 Å². The van der Waals surface area contributed by atoms with Crippen LogP contribution in [0.15, 0.2) is 34.5 Å². The number of aromatic nitrogens is 1. The van der Waals surface area contributed by atoms with Gasteiger partial charge in [0.1, 0.15) is 12.3 Å². The number of hydrogen-bond donors (Lipinski definition) is 1. The maximum Gasteiger partial charge on any atom is 0.324 e. The van der Waals surface area contributed by atoms with Crippen LogP contribution in [0.3, 0.4) is 0 Å². The zero-order chi connectivity index (χ0) is 21.1. The Morgan fingerprint density at radius 2 is 2.03 bits per heavy atom. The van der Waals surface area contributed by atoms with E-state index in [0.717, 1.165) is 25.7 Å². The average molecular weight is 450 g/mol. The molecule has 30 heavy (non-hydrogen) atoms. The maximum absolute atomic E-state index is 12.8. The van der Waals surface area contributed by atoms with E-state index < -0.39 is 15.9 Å². The topological polar surface area (TPSA) is 106 Å². The van der Waals surface area contributed by atoms with Crippen LogP contribution in [0.2, 0.25) is 0 Å². The highest BCUT2D eigenvalue weighted by Crippen LogP contribution is 2.26. The second-order valence-electron chi connectivity index (χ2n) is 7.51. The van der Waals surface area contributed by atoms with Crippen molar-refractivity contribution in [2.24, 2.45) is 0 Å². The van der Waals surface area contributed by atoms with Crippen LogP contribution in [-0.4, -0.2) is 48.6 Å². The lowest BCUT2D eigenvalue weighted by Gasteiger charge is -2.14. The molecule has 0 bridgehead atoms. The Morgan fingerprint density at radius 3 is 2.77 bits per heavy atom. The van der Waals surface area contributed by atoms with Gasteiger partial charge in [-0.15, -0.1) is 11.3 Å². The molecule has 8 nitrogen and oxygen atoms in total. The van der Waals surface area contributed by atoms with Crippen LogP contribution < -0.4 is 10.1 Å². The minimum Gasteiger partial charge on any atom is -0.490 e. The number of thiazole rings is 1. The monoisotopic (exact) mass is 449 g/mol. The van der Waals surface area contributed by atoms with Gasteiger partial charge in [-0.2, -0.15) is 0 Å². The third kappa shape index (κ3) is 4.99. The lowest BCUT2D eigenvalue weighted by Crippen LogP contribution is -2.27. The molecule has 0 atom stereocenters. The van der Waals surface area contributed by atoms with Crippen molar-refractivity contribution >= 4 is 33.1 Å². The molecule has 0 unspecified atom stereocenters. The van der Waals surface area contributed by atoms with E-state index in [0.29, 0.717) is 16.5 Å². The number of ether oxygens (including phenoxy) is 1. The average Bonchev–Trinajstić information content (AvgIpc) is 3.44. The van der Waals surface area contributed by atoms with E-state index in [1.165, 1.54) is 16.2 Å². The fourth-order valence-electron chi connectivity index (χ4n) is 3.62. The van der Waals surface area contributed by atoms with Gasteiger partial charge in [-0.3, -0.25) is 10.1 Å². The van der Waals surface area contributed by atoms with E-state index in [9.17, 15) is 18.0 Å². The third-order valence-electron chi connectivity index (χ3n) is 5.17. The molecular weight excluding hydrogens is 426 g/mol. The Morgan fingerprint density at radius 1 is 1.23 bits per heavy atom. The molecule has 160 valence electrons. The van der Waals surface area contributed by atoms with Gasteiger partial charge in [0.25, 0.3) is 0 Å². The Bertz CT molecular complexity index is 1040. The molecule has 0 radical (unpaired) electrons. The first-order valence-electron chi connectivity index (χ1n) is 9.90. The SMILES string of the molecule is O=C1CN(Cc2csc(CCS(=O)(=O)c3cccc(OC4CCCC4)c3)n2)C(=O)N1. The molecule has 3 amide bonds. The summed E-state index contributed by atoms with van der Waals surface area (Å²) in [5.41, 5.74) is 0.643. The van der Waals surface area contributed by atoms with Gasteiger partial charge < -0.3 is 9.64 Å². The first-order valence-corrected chi connectivity index (χ1v) is 12.4. The lowest BCUT2D eigenvalue weighted by molar-refractivity contribution is -0.118. The third-order valence-corrected chi connectivity index (χ3v) is 7.85. The van der Waals surface area contributed by atoms with E-state index in [1.807, 2.05) is 0 Å². The zero-order valence-electron chi connectivity index (χ0n) is 16.4. The van der Waals surface area contributed by atoms with Gasteiger partial charge in [0, 0.05) is 11.8 Å². The number of nitrogens with one attached hydrogen (secondary N) is 1. The molecule has 1 aromatic carbocycles. The van der Waals surface area contributed by atoms with Crippen molar-refractivity contribution in [2.75, 3.05) is 12.3 Å². The van der Waals surface area contributed by atoms with Crippen molar-refractivity contribution in [1.82, 2.24) is 15.2 Å². The molecule has 1 aromatic heterocycles. The highest BCUT2D eigenvalue weighted by atomic mass is 32.2. The van der Waals surface area contributed by atoms with Gasteiger partial charge in [-0.05, 0) is 43.9 Å². The number of carbonyl (C=O) groups is 2. The fraction of sp³-hybridized carbons (Fsp3) is 0.450. The summed E-state index contributed by atoms with van der Waals surface area (Å²) < 4.78 is 31.5. The van der Waals surface area contributed by atoms with Gasteiger partial charge in [0.2, 0.25) is 5.91 Å². The van der Waals surface area contributed by atoms with Crippen molar-refractivity contribution in [3.8, 4) is 5.75 Å². The summed E-state index contributed by atoms with van der Waals surface area (Å²) in [4.78, 5) is 28.9. The first kappa shape index (κ1) is 20.8. The van der Waals surface area contributed by atoms with Crippen molar-refractivity contribution in [3.05, 3.63) is 40.3 Å². The van der Waals surface area contributed by atoms with E-state index in [-0.39, 0.29) is 42.2 Å². The summed E-state index contributed by atoms with van der Waals surface area (Å²) >= 11 is 1.35. The number of sulfone groups is 1. The quantitative estimate of drug-likeness (QED) is 0.621. The van der Waals surface area contributed by atoms with Crippen LogP contribution in [0.25, 0.3) is 0 Å². The number of amides is 3. The van der Waals surface area contributed by atoms with Gasteiger partial charge >= 0.3 is 6.03 Å². The Labute approximate surface area is 179 Å². The largest absolute Gasteiger partial charge is 0.490 e. The van der Waals surface area contributed by atoms with Crippen LogP contribution >= 0.6 is 11.3 Å². The maximum atomic E-state index is 12.8. The molecular formula is C20H23N3O5S2. The number of urea groups is 1. The minimum atomic E-state index is -3.48. The molecule has 1 saturated carbocycles. The van der Waals surface area contributed by atoms with Crippen LogP contribution in [0.1, 0.15) is 36.4 Å². The van der Waals surface area contributed by atoms with Crippen LogP contribution in [0, 0.1) is 0 Å². The summed E-state index contributed by atoms with van der Waals surface area (Å²) in [6.07, 6.45) is 4.78. The predicted molar refractivity (Wildman–Crippen MR) is 111 cm³/mol. The lowest BCUT2D eigenvalue weighted by atomic mass is 10.3. The van der Waals surface area contributed by atoms with Crippen LogP contribution in [0.5, 0.6) is 5.75 Å². The smallest absolute Gasteiger partial charge is 0.324 e. The van der Waals surface area contributed by atoms with Crippen molar-refractivity contribution in [1.29, 1.82) is 0 Å². The van der Waals surface area contributed by atoms with Crippen LogP contribution in [-0.2, 0) is 27.6 Å². The fourth-order valence-corrected chi connectivity index (χ4v) is 5.82. The number of aryl methyl sites for hydroxylation is 1. The Hall–Kier alpha value is -2.46. The molecule has 4 rings (SSSR count). The number of nitrogens with zero attached hydrogens (tertiary/aromatic N) is 2. The zero-order valence-corrected chi connectivity index (χ0v) is 18.0. The molecule has 2 aromatic rings. The van der Waals surface area contributed by atoms with Gasteiger partial charge in [0.05, 0.1) is 34.0 Å². The van der Waals surface area contributed by atoms with Crippen molar-refractivity contribution in [2.45, 2.75) is 49.6 Å². The molecule has 1 aliphatic heterocycles. The number of carbonyl (C=O) groups excluding carboxylic acids is 2. The predicted octanol–water partition coefficient (Wildman–Crippen LogP) is 2.53. The highest BCUT2D eigenvalue weighted by Gasteiger charge is 2.27. The number of rotatable bonds is 8. The summed E-state index contributed by atoms with van der Waals surface area (Å²) in [6.45, 7) is 0.237. The van der Waals surface area contributed by atoms with Crippen LogP contribution in [0.4, 0.5) is 4.79 Å². The second kappa shape index (κ2) is 8.73. The summed E-state index contributed by atoms with van der Waals surface area (Å²) in [5.74, 6) is 0.203. The molecule has 2 heterocycles. The minimum absolute atomic E-state index is 0.0132. The molecule has 1 aliphatic carbocycles. The summed E-state index contributed by atoms with van der Waals surface area (Å²) in [7, 11) is -3.48. The van der Waals surface area contributed by atoms with E-state index in [4.69, 9.17) is 4.74 Å².